The maximum atomic E-state index is 13.5. The summed E-state index contributed by atoms with van der Waals surface area (Å²) < 4.78 is 10.0. The van der Waals surface area contributed by atoms with Crippen molar-refractivity contribution in [2.45, 2.75) is 238 Å². The topological polar surface area (TPSA) is 250 Å². The smallest absolute Gasteiger partial charge is 0.408 e. The molecule has 4 rings (SSSR count). The second-order valence-corrected chi connectivity index (χ2v) is 19.4. The van der Waals surface area contributed by atoms with Crippen molar-refractivity contribution in [1.82, 2.24) is 31.1 Å². The number of carboxylic acids is 2. The molecule has 64 heavy (non-hydrogen) atoms. The number of urea groups is 2. The van der Waals surface area contributed by atoms with Crippen LogP contribution in [0.5, 0.6) is 0 Å². The van der Waals surface area contributed by atoms with Gasteiger partial charge in [0, 0.05) is 37.0 Å². The lowest BCUT2D eigenvalue weighted by Crippen LogP contribution is -2.58. The van der Waals surface area contributed by atoms with Crippen molar-refractivity contribution in [2.75, 3.05) is 6.54 Å². The Hall–Kier alpha value is -4.64. The van der Waals surface area contributed by atoms with Crippen LogP contribution < -0.4 is 21.3 Å². The third-order valence-corrected chi connectivity index (χ3v) is 11.4. The first-order valence-electron chi connectivity index (χ1n) is 23.8. The number of carbonyl (C=O) groups is 8. The lowest BCUT2D eigenvalue weighted by Gasteiger charge is -2.36. The summed E-state index contributed by atoms with van der Waals surface area (Å²) in [4.78, 5) is 98.5. The van der Waals surface area contributed by atoms with Crippen molar-refractivity contribution in [3.05, 3.63) is 0 Å². The van der Waals surface area contributed by atoms with E-state index in [-0.39, 0.29) is 48.9 Å². The predicted molar refractivity (Wildman–Crippen MR) is 240 cm³/mol. The highest BCUT2D eigenvalue weighted by Gasteiger charge is 2.38. The maximum absolute atomic E-state index is 13.5. The van der Waals surface area contributed by atoms with Crippen molar-refractivity contribution in [3.63, 3.8) is 0 Å². The van der Waals surface area contributed by atoms with Gasteiger partial charge in [-0.1, -0.05) is 84.0 Å². The van der Waals surface area contributed by atoms with Gasteiger partial charge >= 0.3 is 36.2 Å². The molecule has 1 atom stereocenters. The normalized spacial score (nSPS) is 18.2. The van der Waals surface area contributed by atoms with Crippen LogP contribution >= 0.6 is 0 Å². The summed E-state index contributed by atoms with van der Waals surface area (Å²) in [6.07, 6.45) is 19.0. The molecule has 4 saturated carbocycles. The molecule has 0 aromatic rings. The number of rotatable bonds is 12. The predicted octanol–water partition coefficient (Wildman–Crippen LogP) is 8.14. The van der Waals surface area contributed by atoms with Crippen LogP contribution in [0.25, 0.3) is 0 Å². The van der Waals surface area contributed by atoms with E-state index < -0.39 is 59.9 Å². The monoisotopic (exact) mass is 909 g/mol. The highest BCUT2D eigenvalue weighted by Crippen LogP contribution is 2.27. The fraction of sp³-hybridized carbons (Fsp3) is 0.826. The Morgan fingerprint density at radius 2 is 0.953 bits per heavy atom. The molecular weight excluding hydrogens is 829 g/mol. The number of ether oxygens (including phenoxy) is 2. The van der Waals surface area contributed by atoms with Crippen molar-refractivity contribution < 1.29 is 58.0 Å². The zero-order valence-electron chi connectivity index (χ0n) is 39.7. The molecule has 0 aromatic carbocycles. The molecule has 8 amide bonds. The van der Waals surface area contributed by atoms with Gasteiger partial charge in [-0.15, -0.1) is 0 Å². The lowest BCUT2D eigenvalue weighted by molar-refractivity contribution is -0.138. The first-order valence-corrected chi connectivity index (χ1v) is 23.8. The van der Waals surface area contributed by atoms with E-state index in [1.54, 1.807) is 41.5 Å². The van der Waals surface area contributed by atoms with Crippen molar-refractivity contribution in [2.24, 2.45) is 0 Å². The number of aliphatic carboxylic acids is 2. The molecule has 0 bridgehead atoms. The molecule has 1 unspecified atom stereocenters. The van der Waals surface area contributed by atoms with Crippen LogP contribution in [-0.2, 0) is 28.7 Å². The first-order chi connectivity index (χ1) is 30.1. The number of carbonyl (C=O) groups excluding carboxylic acids is 6. The summed E-state index contributed by atoms with van der Waals surface area (Å²) in [6, 6.07) is -1.57. The average Bonchev–Trinajstić information content (AvgIpc) is 3.22. The Morgan fingerprint density at radius 3 is 1.34 bits per heavy atom. The van der Waals surface area contributed by atoms with Gasteiger partial charge in [0.25, 0.3) is 5.91 Å². The van der Waals surface area contributed by atoms with Crippen molar-refractivity contribution in [3.8, 4) is 0 Å². The van der Waals surface area contributed by atoms with Crippen LogP contribution in [0, 0.1) is 0 Å². The highest BCUT2D eigenvalue weighted by atomic mass is 16.6. The van der Waals surface area contributed by atoms with Gasteiger partial charge in [0.2, 0.25) is 5.91 Å². The number of alkyl carbamates (subject to hydrolysis) is 2. The highest BCUT2D eigenvalue weighted by molar-refractivity contribution is 5.99. The van der Waals surface area contributed by atoms with E-state index in [4.69, 9.17) is 19.7 Å². The first kappa shape index (κ1) is 55.5. The molecule has 0 saturated heterocycles. The Kier molecular flexibility index (Phi) is 24.5. The second-order valence-electron chi connectivity index (χ2n) is 19.4. The van der Waals surface area contributed by atoms with Crippen LogP contribution in [0.2, 0.25) is 0 Å². The summed E-state index contributed by atoms with van der Waals surface area (Å²) in [5, 5.41) is 28.0. The van der Waals surface area contributed by atoms with Gasteiger partial charge in [-0.05, 0) is 99.3 Å². The quantitative estimate of drug-likeness (QED) is 0.109. The SMILES string of the molecule is CC(C)(C)OC(=O)NC(CCC(=O)O)C(=O)N(C(=O)NC1CCCCC1)C1CCCCC1.CC(C)(C)OC(=O)NCC(=O)O.CCC(=O)N(C(=O)NC1CCCCC1)C1CCCCC1. The van der Waals surface area contributed by atoms with E-state index in [1.807, 2.05) is 6.92 Å². The minimum atomic E-state index is -1.15. The molecule has 0 aliphatic heterocycles. The summed E-state index contributed by atoms with van der Waals surface area (Å²) in [5.41, 5.74) is -1.37. The van der Waals surface area contributed by atoms with Crippen LogP contribution in [0.4, 0.5) is 19.2 Å². The average molecular weight is 909 g/mol. The van der Waals surface area contributed by atoms with Crippen LogP contribution in [0.3, 0.4) is 0 Å². The van der Waals surface area contributed by atoms with Gasteiger partial charge in [-0.25, -0.2) is 19.2 Å². The fourth-order valence-corrected chi connectivity index (χ4v) is 8.36. The number of hydrogen-bond acceptors (Lipinski definition) is 10. The number of nitrogens with one attached hydrogen (secondary N) is 4. The van der Waals surface area contributed by atoms with E-state index in [2.05, 4.69) is 21.3 Å². The maximum Gasteiger partial charge on any atom is 0.408 e. The Balaban J connectivity index is 0.000000373. The molecule has 0 aromatic heterocycles. The summed E-state index contributed by atoms with van der Waals surface area (Å²) in [6.45, 7) is 11.6. The van der Waals surface area contributed by atoms with Crippen LogP contribution in [0.15, 0.2) is 0 Å². The van der Waals surface area contributed by atoms with E-state index >= 15 is 0 Å². The largest absolute Gasteiger partial charge is 0.481 e. The van der Waals surface area contributed by atoms with Gasteiger partial charge in [0.15, 0.2) is 0 Å². The zero-order valence-corrected chi connectivity index (χ0v) is 39.7. The number of nitrogens with zero attached hydrogens (tertiary/aromatic N) is 2. The molecular formula is C46H80N6O12. The Morgan fingerprint density at radius 1 is 0.562 bits per heavy atom. The Bertz CT molecular complexity index is 1500. The van der Waals surface area contributed by atoms with Gasteiger partial charge in [0.1, 0.15) is 23.8 Å². The van der Waals surface area contributed by atoms with Crippen molar-refractivity contribution in [1.29, 1.82) is 0 Å². The van der Waals surface area contributed by atoms with Gasteiger partial charge < -0.3 is 41.0 Å². The molecule has 4 fully saturated rings. The molecule has 0 spiro atoms. The fourth-order valence-electron chi connectivity index (χ4n) is 8.36. The third kappa shape index (κ3) is 22.8. The third-order valence-electron chi connectivity index (χ3n) is 11.4. The number of carboxylic acid groups (broad SMARTS) is 2. The van der Waals surface area contributed by atoms with Gasteiger partial charge in [-0.2, -0.15) is 0 Å². The van der Waals surface area contributed by atoms with E-state index in [0.29, 0.717) is 19.3 Å². The van der Waals surface area contributed by atoms with Crippen molar-refractivity contribution >= 4 is 48.0 Å². The molecule has 6 N–H and O–H groups in total. The van der Waals surface area contributed by atoms with E-state index in [1.165, 1.54) is 35.5 Å². The summed E-state index contributed by atoms with van der Waals surface area (Å²) in [5.74, 6) is -2.77. The van der Waals surface area contributed by atoms with Gasteiger partial charge in [-0.3, -0.25) is 29.0 Å². The number of amides is 8. The molecule has 0 radical (unpaired) electrons. The number of imide groups is 2. The summed E-state index contributed by atoms with van der Waals surface area (Å²) in [7, 11) is 0. The molecule has 18 heteroatoms. The van der Waals surface area contributed by atoms with Gasteiger partial charge in [0.05, 0.1) is 0 Å². The Labute approximate surface area is 380 Å². The van der Waals surface area contributed by atoms with Crippen LogP contribution in [-0.4, -0.2) is 116 Å². The zero-order chi connectivity index (χ0) is 47.9. The summed E-state index contributed by atoms with van der Waals surface area (Å²) >= 11 is 0. The van der Waals surface area contributed by atoms with E-state index in [9.17, 15) is 38.4 Å². The molecule has 0 heterocycles. The number of hydrogen-bond donors (Lipinski definition) is 6. The molecule has 4 aliphatic carbocycles. The molecule has 18 nitrogen and oxygen atoms in total. The lowest BCUT2D eigenvalue weighted by atomic mass is 9.93. The standard InChI is InChI=1S/C23H39N3O6.C16H28N2O2.C7H13NO4/c1-23(2,3)32-22(31)25-18(14-15-19(27)28)20(29)26(17-12-8-5-9-13-17)21(30)24-16-10-6-4-7-11-16;1-2-15(19)18(14-11-7-4-8-12-14)16(20)17-13-9-5-3-6-10-13;1-7(2,3)12-6(11)8-4-5(9)10/h16-18H,4-15H2,1-3H3,(H,24,30)(H,25,31)(H,27,28);13-14H,2-12H2,1H3,(H,17,20);4H2,1-3H3,(H,8,11)(H,9,10). The molecule has 366 valence electrons. The van der Waals surface area contributed by atoms with E-state index in [0.717, 1.165) is 89.9 Å². The second kappa shape index (κ2) is 28.3. The van der Waals surface area contributed by atoms with Crippen LogP contribution in [0.1, 0.15) is 196 Å². The molecule has 4 aliphatic rings. The minimum Gasteiger partial charge on any atom is -0.481 e. The minimum absolute atomic E-state index is 0.0230.